The Bertz CT molecular complexity index is 525. The predicted octanol–water partition coefficient (Wildman–Crippen LogP) is 1.08. The molecule has 6 nitrogen and oxygen atoms in total. The second-order valence-corrected chi connectivity index (χ2v) is 4.84. The second-order valence-electron chi connectivity index (χ2n) is 4.84. The zero-order valence-corrected chi connectivity index (χ0v) is 10.8. The van der Waals surface area contributed by atoms with Crippen molar-refractivity contribution in [3.63, 3.8) is 0 Å². The largest absolute Gasteiger partial charge is 0.489 e. The van der Waals surface area contributed by atoms with Crippen LogP contribution in [0.4, 0.5) is 5.69 Å². The van der Waals surface area contributed by atoms with Crippen LogP contribution in [-0.4, -0.2) is 35.7 Å². The Hall–Kier alpha value is -2.24. The van der Waals surface area contributed by atoms with Crippen molar-refractivity contribution in [3.05, 3.63) is 23.8 Å². The van der Waals surface area contributed by atoms with Crippen molar-refractivity contribution in [1.29, 1.82) is 0 Å². The topological polar surface area (TPSA) is 87.7 Å². The maximum absolute atomic E-state index is 12.2. The first-order valence-electron chi connectivity index (χ1n) is 5.97. The number of aliphatic carboxylic acids is 1. The molecule has 0 bridgehead atoms. The minimum absolute atomic E-state index is 0.332. The second kappa shape index (κ2) is 4.79. The van der Waals surface area contributed by atoms with Crippen molar-refractivity contribution < 1.29 is 19.4 Å². The number of anilines is 1. The van der Waals surface area contributed by atoms with Crippen LogP contribution in [0, 0.1) is 0 Å². The van der Waals surface area contributed by atoms with E-state index >= 15 is 0 Å². The number of hydrogen-bond donors (Lipinski definition) is 3. The molecule has 0 unspecified atom stereocenters. The lowest BCUT2D eigenvalue weighted by Gasteiger charge is -2.24. The molecule has 1 aliphatic rings. The van der Waals surface area contributed by atoms with Gasteiger partial charge in [0.2, 0.25) is 0 Å². The molecular formula is C13H16N2O4. The lowest BCUT2D eigenvalue weighted by atomic mass is 10.0. The summed E-state index contributed by atoms with van der Waals surface area (Å²) in [6.07, 6.45) is 0. The lowest BCUT2D eigenvalue weighted by molar-refractivity contribution is -0.143. The van der Waals surface area contributed by atoms with Gasteiger partial charge in [-0.05, 0) is 26.0 Å². The highest BCUT2D eigenvalue weighted by Gasteiger charge is 2.31. The fourth-order valence-corrected chi connectivity index (χ4v) is 1.75. The molecule has 1 aliphatic heterocycles. The number of nitrogens with one attached hydrogen (secondary N) is 2. The predicted molar refractivity (Wildman–Crippen MR) is 69.6 cm³/mol. The molecule has 1 aromatic rings. The van der Waals surface area contributed by atoms with E-state index in [1.54, 1.807) is 12.1 Å². The van der Waals surface area contributed by atoms with E-state index in [0.717, 1.165) is 5.69 Å². The Morgan fingerprint density at radius 2 is 2.16 bits per heavy atom. The molecule has 1 heterocycles. The fourth-order valence-electron chi connectivity index (χ4n) is 1.75. The molecule has 0 atom stereocenters. The van der Waals surface area contributed by atoms with E-state index in [0.29, 0.717) is 24.5 Å². The van der Waals surface area contributed by atoms with Crippen LogP contribution in [0.15, 0.2) is 18.2 Å². The zero-order valence-electron chi connectivity index (χ0n) is 10.8. The van der Waals surface area contributed by atoms with Crippen LogP contribution >= 0.6 is 0 Å². The first kappa shape index (κ1) is 13.2. The third-order valence-corrected chi connectivity index (χ3v) is 2.88. The Kier molecular flexibility index (Phi) is 3.33. The van der Waals surface area contributed by atoms with E-state index in [1.807, 2.05) is 6.07 Å². The van der Waals surface area contributed by atoms with Crippen LogP contribution in [0.1, 0.15) is 24.2 Å². The summed E-state index contributed by atoms with van der Waals surface area (Å²) in [4.78, 5) is 23.2. The molecule has 1 amide bonds. The minimum Gasteiger partial charge on any atom is -0.489 e. The maximum atomic E-state index is 12.2. The molecule has 0 aromatic heterocycles. The fraction of sp³-hybridized carbons (Fsp3) is 0.385. The third kappa shape index (κ3) is 2.62. The Morgan fingerprint density at radius 1 is 1.42 bits per heavy atom. The molecule has 0 fully saturated rings. The Balaban J connectivity index is 2.27. The molecule has 3 N–H and O–H groups in total. The van der Waals surface area contributed by atoms with E-state index in [1.165, 1.54) is 13.8 Å². The zero-order chi connectivity index (χ0) is 14.0. The van der Waals surface area contributed by atoms with Gasteiger partial charge in [-0.15, -0.1) is 0 Å². The molecule has 0 radical (unpaired) electrons. The number of para-hydroxylation sites is 1. The molecule has 0 spiro atoms. The Morgan fingerprint density at radius 3 is 2.84 bits per heavy atom. The highest BCUT2D eigenvalue weighted by atomic mass is 16.5. The quantitative estimate of drug-likeness (QED) is 0.760. The van der Waals surface area contributed by atoms with Crippen molar-refractivity contribution in [2.24, 2.45) is 0 Å². The molecule has 2 rings (SSSR count). The number of carbonyl (C=O) groups is 2. The van der Waals surface area contributed by atoms with E-state index in [2.05, 4.69) is 10.6 Å². The summed E-state index contributed by atoms with van der Waals surface area (Å²) in [5.41, 5.74) is -0.256. The van der Waals surface area contributed by atoms with Crippen LogP contribution in [0.5, 0.6) is 5.75 Å². The standard InChI is InChI=1S/C13H16N2O4/c1-13(2,12(17)18)15-11(16)8-4-3-5-9-10(8)19-7-6-14-9/h3-5,14H,6-7H2,1-2H3,(H,15,16)(H,17,18). The van der Waals surface area contributed by atoms with Gasteiger partial charge in [0.1, 0.15) is 12.1 Å². The van der Waals surface area contributed by atoms with Gasteiger partial charge in [-0.3, -0.25) is 4.79 Å². The molecular weight excluding hydrogens is 248 g/mol. The van der Waals surface area contributed by atoms with Gasteiger partial charge in [-0.2, -0.15) is 0 Å². The van der Waals surface area contributed by atoms with Crippen molar-refractivity contribution in [3.8, 4) is 5.75 Å². The summed E-state index contributed by atoms with van der Waals surface area (Å²) in [6.45, 7) is 4.02. The molecule has 6 heteroatoms. The van der Waals surface area contributed by atoms with Crippen LogP contribution in [0.3, 0.4) is 0 Å². The summed E-state index contributed by atoms with van der Waals surface area (Å²) in [5.74, 6) is -1.09. The summed E-state index contributed by atoms with van der Waals surface area (Å²) in [5, 5.41) is 14.6. The number of carboxylic acid groups (broad SMARTS) is 1. The van der Waals surface area contributed by atoms with E-state index in [9.17, 15) is 9.59 Å². The average Bonchev–Trinajstić information content (AvgIpc) is 2.37. The van der Waals surface area contributed by atoms with Gasteiger partial charge >= 0.3 is 5.97 Å². The number of amides is 1. The van der Waals surface area contributed by atoms with Gasteiger partial charge < -0.3 is 20.5 Å². The Labute approximate surface area is 110 Å². The van der Waals surface area contributed by atoms with Crippen LogP contribution in [-0.2, 0) is 4.79 Å². The van der Waals surface area contributed by atoms with Crippen LogP contribution < -0.4 is 15.4 Å². The van der Waals surface area contributed by atoms with E-state index < -0.39 is 17.4 Å². The van der Waals surface area contributed by atoms with Crippen molar-refractivity contribution >= 4 is 17.6 Å². The molecule has 102 valence electrons. The molecule has 0 aliphatic carbocycles. The number of carbonyl (C=O) groups excluding carboxylic acids is 1. The first-order valence-corrected chi connectivity index (χ1v) is 5.97. The van der Waals surface area contributed by atoms with Crippen LogP contribution in [0.2, 0.25) is 0 Å². The number of rotatable bonds is 3. The molecule has 0 saturated heterocycles. The van der Waals surface area contributed by atoms with E-state index in [-0.39, 0.29) is 0 Å². The first-order chi connectivity index (χ1) is 8.92. The van der Waals surface area contributed by atoms with Gasteiger partial charge in [0.15, 0.2) is 5.75 Å². The van der Waals surface area contributed by atoms with Gasteiger partial charge in [-0.25, -0.2) is 4.79 Å². The van der Waals surface area contributed by atoms with Gasteiger partial charge in [0.25, 0.3) is 5.91 Å². The normalized spacial score (nSPS) is 13.8. The number of ether oxygens (including phenoxy) is 1. The number of hydrogen-bond acceptors (Lipinski definition) is 4. The van der Waals surface area contributed by atoms with Crippen LogP contribution in [0.25, 0.3) is 0 Å². The lowest BCUT2D eigenvalue weighted by Crippen LogP contribution is -2.49. The summed E-state index contributed by atoms with van der Waals surface area (Å²) >= 11 is 0. The van der Waals surface area contributed by atoms with Crippen molar-refractivity contribution in [2.45, 2.75) is 19.4 Å². The highest BCUT2D eigenvalue weighted by molar-refractivity contribution is 6.01. The van der Waals surface area contributed by atoms with Gasteiger partial charge in [-0.1, -0.05) is 6.07 Å². The molecule has 1 aromatic carbocycles. The van der Waals surface area contributed by atoms with Crippen molar-refractivity contribution in [1.82, 2.24) is 5.32 Å². The molecule has 0 saturated carbocycles. The molecule has 19 heavy (non-hydrogen) atoms. The highest BCUT2D eigenvalue weighted by Crippen LogP contribution is 2.31. The maximum Gasteiger partial charge on any atom is 0.328 e. The monoisotopic (exact) mass is 264 g/mol. The summed E-state index contributed by atoms with van der Waals surface area (Å²) < 4.78 is 5.48. The minimum atomic E-state index is -1.33. The smallest absolute Gasteiger partial charge is 0.328 e. The van der Waals surface area contributed by atoms with E-state index in [4.69, 9.17) is 9.84 Å². The third-order valence-electron chi connectivity index (χ3n) is 2.88. The van der Waals surface area contributed by atoms with Crippen molar-refractivity contribution in [2.75, 3.05) is 18.5 Å². The SMILES string of the molecule is CC(C)(NC(=O)c1cccc2c1OCCN2)C(=O)O. The number of benzene rings is 1. The van der Waals surface area contributed by atoms with Gasteiger partial charge in [0, 0.05) is 6.54 Å². The average molecular weight is 264 g/mol. The summed E-state index contributed by atoms with van der Waals surface area (Å²) in [6, 6.07) is 5.15. The number of fused-ring (bicyclic) bond motifs is 1. The number of carboxylic acids is 1. The summed E-state index contributed by atoms with van der Waals surface area (Å²) in [7, 11) is 0. The van der Waals surface area contributed by atoms with Gasteiger partial charge in [0.05, 0.1) is 11.3 Å².